The predicted octanol–water partition coefficient (Wildman–Crippen LogP) is 3.67. The topological polar surface area (TPSA) is 15.3 Å². The third kappa shape index (κ3) is 3.71. The van der Waals surface area contributed by atoms with Crippen molar-refractivity contribution in [2.75, 3.05) is 20.6 Å². The lowest BCUT2D eigenvalue weighted by molar-refractivity contribution is 0.0341. The van der Waals surface area contributed by atoms with Gasteiger partial charge in [0.2, 0.25) is 0 Å². The van der Waals surface area contributed by atoms with Crippen molar-refractivity contribution in [2.45, 2.75) is 77.3 Å². The highest BCUT2D eigenvalue weighted by Crippen LogP contribution is 2.39. The van der Waals surface area contributed by atoms with Gasteiger partial charge in [0.05, 0.1) is 0 Å². The van der Waals surface area contributed by atoms with E-state index in [1.807, 2.05) is 0 Å². The first-order chi connectivity index (χ1) is 8.56. The van der Waals surface area contributed by atoms with Crippen LogP contribution in [0.1, 0.15) is 65.7 Å². The van der Waals surface area contributed by atoms with Crippen LogP contribution in [0, 0.1) is 5.92 Å². The van der Waals surface area contributed by atoms with Crippen LogP contribution in [-0.2, 0) is 0 Å². The van der Waals surface area contributed by atoms with E-state index in [4.69, 9.17) is 0 Å². The summed E-state index contributed by atoms with van der Waals surface area (Å²) in [5.74, 6) is 0.879. The Morgan fingerprint density at radius 2 is 2.06 bits per heavy atom. The zero-order chi connectivity index (χ0) is 13.6. The first-order valence-corrected chi connectivity index (χ1v) is 7.97. The largest absolute Gasteiger partial charge is 0.312 e. The second-order valence-corrected chi connectivity index (χ2v) is 6.45. The molecule has 108 valence electrons. The Morgan fingerprint density at radius 1 is 1.33 bits per heavy atom. The van der Waals surface area contributed by atoms with E-state index in [0.717, 1.165) is 12.5 Å². The molecule has 3 atom stereocenters. The summed E-state index contributed by atoms with van der Waals surface area (Å²) >= 11 is 0. The molecule has 0 aromatic rings. The fourth-order valence-corrected chi connectivity index (χ4v) is 3.81. The molecule has 0 saturated heterocycles. The quantitative estimate of drug-likeness (QED) is 0.746. The van der Waals surface area contributed by atoms with E-state index in [2.05, 4.69) is 45.1 Å². The van der Waals surface area contributed by atoms with Crippen molar-refractivity contribution in [3.63, 3.8) is 0 Å². The van der Waals surface area contributed by atoms with Gasteiger partial charge in [-0.3, -0.25) is 0 Å². The van der Waals surface area contributed by atoms with Gasteiger partial charge in [0.15, 0.2) is 0 Å². The van der Waals surface area contributed by atoms with Crippen molar-refractivity contribution in [2.24, 2.45) is 5.92 Å². The minimum atomic E-state index is 0.392. The van der Waals surface area contributed by atoms with E-state index in [1.165, 1.54) is 44.9 Å². The van der Waals surface area contributed by atoms with E-state index in [9.17, 15) is 0 Å². The Labute approximate surface area is 115 Å². The first-order valence-electron chi connectivity index (χ1n) is 7.97. The Morgan fingerprint density at radius 3 is 2.56 bits per heavy atom. The first kappa shape index (κ1) is 16.0. The maximum atomic E-state index is 3.79. The molecule has 1 fully saturated rings. The molecular weight excluding hydrogens is 220 g/mol. The molecular formula is C16H34N2. The molecule has 2 heteroatoms. The minimum Gasteiger partial charge on any atom is -0.312 e. The van der Waals surface area contributed by atoms with Crippen molar-refractivity contribution in [1.82, 2.24) is 10.2 Å². The molecule has 0 amide bonds. The van der Waals surface area contributed by atoms with Crippen LogP contribution in [0.3, 0.4) is 0 Å². The lowest BCUT2D eigenvalue weighted by atomic mass is 9.70. The number of hydrogen-bond acceptors (Lipinski definition) is 2. The summed E-state index contributed by atoms with van der Waals surface area (Å²) < 4.78 is 0. The number of nitrogens with zero attached hydrogens (tertiary/aromatic N) is 1. The maximum Gasteiger partial charge on any atom is 0.0358 e. The van der Waals surface area contributed by atoms with Crippen molar-refractivity contribution >= 4 is 0 Å². The Kier molecular flexibility index (Phi) is 6.65. The Hall–Kier alpha value is -0.0800. The third-order valence-electron chi connectivity index (χ3n) is 4.84. The van der Waals surface area contributed by atoms with Crippen LogP contribution in [0.25, 0.3) is 0 Å². The van der Waals surface area contributed by atoms with E-state index >= 15 is 0 Å². The summed E-state index contributed by atoms with van der Waals surface area (Å²) in [5, 5.41) is 3.79. The second kappa shape index (κ2) is 7.49. The molecule has 0 aromatic heterocycles. The zero-order valence-electron chi connectivity index (χ0n) is 13.3. The molecule has 0 radical (unpaired) electrons. The SMILES string of the molecule is CCCCC(NCC)C1(N(C)C)CCCC(C)C1. The highest BCUT2D eigenvalue weighted by molar-refractivity contribution is 5.01. The van der Waals surface area contributed by atoms with Gasteiger partial charge < -0.3 is 10.2 Å². The molecule has 18 heavy (non-hydrogen) atoms. The van der Waals surface area contributed by atoms with Gasteiger partial charge >= 0.3 is 0 Å². The van der Waals surface area contributed by atoms with Crippen LogP contribution in [0.2, 0.25) is 0 Å². The van der Waals surface area contributed by atoms with E-state index in [0.29, 0.717) is 11.6 Å². The number of likely N-dealkylation sites (N-methyl/N-ethyl adjacent to an activating group) is 2. The summed E-state index contributed by atoms with van der Waals surface area (Å²) in [6, 6.07) is 0.667. The molecule has 2 nitrogen and oxygen atoms in total. The molecule has 0 spiro atoms. The van der Waals surface area contributed by atoms with Crippen LogP contribution in [0.4, 0.5) is 0 Å². The average molecular weight is 254 g/mol. The third-order valence-corrected chi connectivity index (χ3v) is 4.84. The normalized spacial score (nSPS) is 30.7. The fourth-order valence-electron chi connectivity index (χ4n) is 3.81. The molecule has 1 N–H and O–H groups in total. The van der Waals surface area contributed by atoms with Gasteiger partial charge in [0.1, 0.15) is 0 Å². The van der Waals surface area contributed by atoms with Crippen LogP contribution in [0.5, 0.6) is 0 Å². The number of rotatable bonds is 7. The number of hydrogen-bond donors (Lipinski definition) is 1. The standard InChI is InChI=1S/C16H34N2/c1-6-8-11-15(17-7-2)16(18(4)5)12-9-10-14(3)13-16/h14-15,17H,6-13H2,1-5H3. The fraction of sp³-hybridized carbons (Fsp3) is 1.00. The lowest BCUT2D eigenvalue weighted by Crippen LogP contribution is -2.60. The highest BCUT2D eigenvalue weighted by atomic mass is 15.2. The molecule has 1 aliphatic carbocycles. The molecule has 1 aliphatic rings. The molecule has 0 aliphatic heterocycles. The molecule has 1 saturated carbocycles. The van der Waals surface area contributed by atoms with Gasteiger partial charge in [0.25, 0.3) is 0 Å². The predicted molar refractivity (Wildman–Crippen MR) is 81.0 cm³/mol. The molecule has 0 heterocycles. The van der Waals surface area contributed by atoms with Gasteiger partial charge in [-0.2, -0.15) is 0 Å². The van der Waals surface area contributed by atoms with Crippen LogP contribution < -0.4 is 5.32 Å². The van der Waals surface area contributed by atoms with E-state index < -0.39 is 0 Å². The second-order valence-electron chi connectivity index (χ2n) is 6.45. The van der Waals surface area contributed by atoms with E-state index in [-0.39, 0.29) is 0 Å². The lowest BCUT2D eigenvalue weighted by Gasteiger charge is -2.50. The number of unbranched alkanes of at least 4 members (excludes halogenated alkanes) is 1. The van der Waals surface area contributed by atoms with Gasteiger partial charge in [-0.25, -0.2) is 0 Å². The van der Waals surface area contributed by atoms with Crippen LogP contribution in [-0.4, -0.2) is 37.1 Å². The molecule has 0 aromatic carbocycles. The van der Waals surface area contributed by atoms with Gasteiger partial charge in [-0.1, -0.05) is 46.5 Å². The molecule has 1 rings (SSSR count). The summed E-state index contributed by atoms with van der Waals surface area (Å²) in [7, 11) is 4.57. The van der Waals surface area contributed by atoms with Crippen LogP contribution >= 0.6 is 0 Å². The maximum absolute atomic E-state index is 3.79. The smallest absolute Gasteiger partial charge is 0.0358 e. The van der Waals surface area contributed by atoms with Gasteiger partial charge in [-0.05, 0) is 45.8 Å². The minimum absolute atomic E-state index is 0.392. The monoisotopic (exact) mass is 254 g/mol. The highest BCUT2D eigenvalue weighted by Gasteiger charge is 2.42. The summed E-state index contributed by atoms with van der Waals surface area (Å²) in [5.41, 5.74) is 0.392. The Bertz CT molecular complexity index is 227. The summed E-state index contributed by atoms with van der Waals surface area (Å²) in [6.45, 7) is 8.07. The zero-order valence-corrected chi connectivity index (χ0v) is 13.3. The van der Waals surface area contributed by atoms with Gasteiger partial charge in [0, 0.05) is 11.6 Å². The van der Waals surface area contributed by atoms with Crippen molar-refractivity contribution in [3.05, 3.63) is 0 Å². The van der Waals surface area contributed by atoms with E-state index in [1.54, 1.807) is 0 Å². The van der Waals surface area contributed by atoms with Crippen molar-refractivity contribution in [1.29, 1.82) is 0 Å². The summed E-state index contributed by atoms with van der Waals surface area (Å²) in [6.07, 6.45) is 9.53. The Balaban J connectivity index is 2.83. The molecule has 0 bridgehead atoms. The summed E-state index contributed by atoms with van der Waals surface area (Å²) in [4.78, 5) is 2.52. The van der Waals surface area contributed by atoms with Crippen LogP contribution in [0.15, 0.2) is 0 Å². The van der Waals surface area contributed by atoms with Crippen molar-refractivity contribution < 1.29 is 0 Å². The van der Waals surface area contributed by atoms with Gasteiger partial charge in [-0.15, -0.1) is 0 Å². The average Bonchev–Trinajstić information content (AvgIpc) is 2.34. The number of nitrogens with one attached hydrogen (secondary N) is 1. The van der Waals surface area contributed by atoms with Crippen molar-refractivity contribution in [3.8, 4) is 0 Å². The molecule has 3 unspecified atom stereocenters.